The first kappa shape index (κ1) is 19.7. The zero-order valence-corrected chi connectivity index (χ0v) is 17.5. The van der Waals surface area contributed by atoms with Gasteiger partial charge in [0.2, 0.25) is 0 Å². The van der Waals surface area contributed by atoms with Crippen molar-refractivity contribution in [3.8, 4) is 0 Å². The summed E-state index contributed by atoms with van der Waals surface area (Å²) in [5, 5.41) is 0.748. The van der Waals surface area contributed by atoms with E-state index in [0.29, 0.717) is 18.6 Å². The van der Waals surface area contributed by atoms with Gasteiger partial charge >= 0.3 is 0 Å². The first-order valence-electron chi connectivity index (χ1n) is 10.2. The summed E-state index contributed by atoms with van der Waals surface area (Å²) in [5.41, 5.74) is 4.72. The van der Waals surface area contributed by atoms with Gasteiger partial charge in [0.05, 0.1) is 10.7 Å². The lowest BCUT2D eigenvalue weighted by molar-refractivity contribution is -0.128. The minimum Gasteiger partial charge on any atom is -0.362 e. The van der Waals surface area contributed by atoms with Gasteiger partial charge in [-0.05, 0) is 35.2 Å². The summed E-state index contributed by atoms with van der Waals surface area (Å²) < 4.78 is 0. The topological polar surface area (TPSA) is 20.3 Å². The molecule has 0 amide bonds. The summed E-state index contributed by atoms with van der Waals surface area (Å²) in [6.45, 7) is 3.72. The fourth-order valence-corrected chi connectivity index (χ4v) is 4.52. The fourth-order valence-electron chi connectivity index (χ4n) is 4.28. The van der Waals surface area contributed by atoms with E-state index in [9.17, 15) is 4.79 Å². The third-order valence-corrected chi connectivity index (χ3v) is 6.40. The first-order chi connectivity index (χ1) is 14.1. The van der Waals surface area contributed by atoms with Crippen LogP contribution in [0.5, 0.6) is 0 Å². The van der Waals surface area contributed by atoms with E-state index in [-0.39, 0.29) is 5.41 Å². The fraction of sp³-hybridized carbons (Fsp3) is 0.269. The summed E-state index contributed by atoms with van der Waals surface area (Å²) in [4.78, 5) is 14.1. The van der Waals surface area contributed by atoms with Gasteiger partial charge in [-0.15, -0.1) is 0 Å². The monoisotopic (exact) mass is 403 g/mol. The predicted molar refractivity (Wildman–Crippen MR) is 120 cm³/mol. The predicted octanol–water partition coefficient (Wildman–Crippen LogP) is 6.56. The number of rotatable bonds is 7. The number of halogens is 1. The van der Waals surface area contributed by atoms with Crippen molar-refractivity contribution < 1.29 is 4.79 Å². The molecule has 1 fully saturated rings. The normalized spacial score (nSPS) is 15.0. The molecule has 0 spiro atoms. The molecule has 29 heavy (non-hydrogen) atoms. The minimum absolute atomic E-state index is 0.0262. The van der Waals surface area contributed by atoms with E-state index in [2.05, 4.69) is 72.5 Å². The number of hydrogen-bond acceptors (Lipinski definition) is 2. The molecule has 4 rings (SSSR count). The van der Waals surface area contributed by atoms with Crippen LogP contribution >= 0.6 is 11.6 Å². The molecule has 0 N–H and O–H groups in total. The number of carbonyl (C=O) groups is 1. The molecule has 0 heterocycles. The Morgan fingerprint density at radius 2 is 1.41 bits per heavy atom. The number of hydrogen-bond donors (Lipinski definition) is 0. The quantitative estimate of drug-likeness (QED) is 0.445. The molecule has 3 aromatic carbocycles. The molecule has 0 bridgehead atoms. The maximum absolute atomic E-state index is 11.8. The van der Waals surface area contributed by atoms with Crippen LogP contribution in [0.25, 0.3) is 0 Å². The smallest absolute Gasteiger partial charge is 0.134 e. The zero-order valence-electron chi connectivity index (χ0n) is 16.8. The van der Waals surface area contributed by atoms with Crippen molar-refractivity contribution in [1.82, 2.24) is 0 Å². The van der Waals surface area contributed by atoms with Crippen molar-refractivity contribution in [2.45, 2.75) is 44.7 Å². The maximum Gasteiger partial charge on any atom is 0.134 e. The average molecular weight is 404 g/mol. The highest BCUT2D eigenvalue weighted by Crippen LogP contribution is 2.46. The third kappa shape index (κ3) is 4.23. The Morgan fingerprint density at radius 1 is 0.862 bits per heavy atom. The number of carbonyl (C=O) groups excluding carboxylic acids is 1. The van der Waals surface area contributed by atoms with Crippen LogP contribution in [-0.2, 0) is 23.3 Å². The Bertz CT molecular complexity index is 935. The van der Waals surface area contributed by atoms with Gasteiger partial charge in [0.1, 0.15) is 5.78 Å². The molecule has 1 aliphatic rings. The van der Waals surface area contributed by atoms with Gasteiger partial charge in [-0.2, -0.15) is 0 Å². The highest BCUT2D eigenvalue weighted by molar-refractivity contribution is 6.33. The van der Waals surface area contributed by atoms with Crippen LogP contribution in [0.1, 0.15) is 42.9 Å². The lowest BCUT2D eigenvalue weighted by Crippen LogP contribution is -2.41. The number of anilines is 1. The molecule has 0 saturated heterocycles. The lowest BCUT2D eigenvalue weighted by Gasteiger charge is -2.41. The van der Waals surface area contributed by atoms with E-state index < -0.39 is 0 Å². The lowest BCUT2D eigenvalue weighted by atomic mass is 9.62. The van der Waals surface area contributed by atoms with E-state index in [1.165, 1.54) is 16.7 Å². The second-order valence-corrected chi connectivity index (χ2v) is 8.43. The van der Waals surface area contributed by atoms with Crippen LogP contribution in [0.3, 0.4) is 0 Å². The number of nitrogens with zero attached hydrogens (tertiary/aromatic N) is 1. The van der Waals surface area contributed by atoms with E-state index in [1.807, 2.05) is 18.2 Å². The van der Waals surface area contributed by atoms with Crippen molar-refractivity contribution in [2.75, 3.05) is 4.90 Å². The number of ketones is 1. The van der Waals surface area contributed by atoms with Gasteiger partial charge in [0, 0.05) is 31.3 Å². The summed E-state index contributed by atoms with van der Waals surface area (Å²) in [6.07, 6.45) is 2.25. The molecule has 1 saturated carbocycles. The molecule has 0 atom stereocenters. The molecular weight excluding hydrogens is 378 g/mol. The van der Waals surface area contributed by atoms with Crippen LogP contribution < -0.4 is 4.90 Å². The Balaban J connectivity index is 1.71. The van der Waals surface area contributed by atoms with Crippen molar-refractivity contribution in [2.24, 2.45) is 0 Å². The minimum atomic E-state index is -0.0262. The van der Waals surface area contributed by atoms with Crippen molar-refractivity contribution in [1.29, 1.82) is 0 Å². The molecule has 148 valence electrons. The highest BCUT2D eigenvalue weighted by Gasteiger charge is 2.43. The standard InChI is InChI=1S/C26H26ClNO/c1-2-26(16-23(29)17-26)22-13-14-24(27)25(15-22)28(18-20-9-5-3-6-10-20)19-21-11-7-4-8-12-21/h3-15H,2,16-19H2,1H3. The van der Waals surface area contributed by atoms with E-state index >= 15 is 0 Å². The molecule has 3 heteroatoms. The summed E-state index contributed by atoms with van der Waals surface area (Å²) in [5.74, 6) is 0.355. The molecule has 3 aromatic rings. The van der Waals surface area contributed by atoms with Crippen LogP contribution in [-0.4, -0.2) is 5.78 Å². The maximum atomic E-state index is 11.8. The van der Waals surface area contributed by atoms with Crippen molar-refractivity contribution in [3.63, 3.8) is 0 Å². The molecular formula is C26H26ClNO. The second-order valence-electron chi connectivity index (χ2n) is 8.02. The molecule has 0 aromatic heterocycles. The Morgan fingerprint density at radius 3 is 1.90 bits per heavy atom. The molecule has 2 nitrogen and oxygen atoms in total. The molecule has 0 unspecified atom stereocenters. The molecule has 1 aliphatic carbocycles. The van der Waals surface area contributed by atoms with Crippen LogP contribution in [0.15, 0.2) is 78.9 Å². The van der Waals surface area contributed by atoms with Gasteiger partial charge in [-0.25, -0.2) is 0 Å². The average Bonchev–Trinajstić information content (AvgIpc) is 2.73. The van der Waals surface area contributed by atoms with Crippen molar-refractivity contribution in [3.05, 3.63) is 101 Å². The van der Waals surface area contributed by atoms with Crippen LogP contribution in [0, 0.1) is 0 Å². The Hall–Kier alpha value is -2.58. The number of benzene rings is 3. The van der Waals surface area contributed by atoms with E-state index in [4.69, 9.17) is 11.6 Å². The van der Waals surface area contributed by atoms with Crippen LogP contribution in [0.2, 0.25) is 5.02 Å². The van der Waals surface area contributed by atoms with Gasteiger partial charge in [-0.1, -0.05) is 85.3 Å². The van der Waals surface area contributed by atoms with Crippen molar-refractivity contribution >= 4 is 23.1 Å². The third-order valence-electron chi connectivity index (χ3n) is 6.08. The van der Waals surface area contributed by atoms with Gasteiger partial charge in [0.25, 0.3) is 0 Å². The SMILES string of the molecule is CCC1(c2ccc(Cl)c(N(Cc3ccccc3)Cc3ccccc3)c2)CC(=O)C1. The highest BCUT2D eigenvalue weighted by atomic mass is 35.5. The summed E-state index contributed by atoms with van der Waals surface area (Å²) >= 11 is 6.70. The molecule has 0 aliphatic heterocycles. The number of Topliss-reactive ketones (excluding diaryl/α,β-unsaturated/α-hetero) is 1. The Labute approximate surface area is 178 Å². The van der Waals surface area contributed by atoms with Gasteiger partial charge < -0.3 is 4.90 Å². The van der Waals surface area contributed by atoms with Gasteiger partial charge in [0.15, 0.2) is 0 Å². The Kier molecular flexibility index (Phi) is 5.73. The van der Waals surface area contributed by atoms with Crippen LogP contribution in [0.4, 0.5) is 5.69 Å². The van der Waals surface area contributed by atoms with E-state index in [1.54, 1.807) is 0 Å². The van der Waals surface area contributed by atoms with E-state index in [0.717, 1.165) is 30.2 Å². The largest absolute Gasteiger partial charge is 0.362 e. The zero-order chi connectivity index (χ0) is 20.3. The summed E-state index contributed by atoms with van der Waals surface area (Å²) in [7, 11) is 0. The summed E-state index contributed by atoms with van der Waals surface area (Å²) in [6, 6.07) is 27.3. The first-order valence-corrected chi connectivity index (χ1v) is 10.6. The second kappa shape index (κ2) is 8.42. The molecule has 0 radical (unpaired) electrons. The van der Waals surface area contributed by atoms with Gasteiger partial charge in [-0.3, -0.25) is 4.79 Å².